The fourth-order valence-corrected chi connectivity index (χ4v) is 1.59. The summed E-state index contributed by atoms with van der Waals surface area (Å²) in [5.74, 6) is 1.40. The Labute approximate surface area is 97.3 Å². The van der Waals surface area contributed by atoms with Gasteiger partial charge in [-0.15, -0.1) is 0 Å². The summed E-state index contributed by atoms with van der Waals surface area (Å²) < 4.78 is 0. The van der Waals surface area contributed by atoms with Crippen molar-refractivity contribution in [3.8, 4) is 0 Å². The molecule has 0 aromatic heterocycles. The van der Waals surface area contributed by atoms with Crippen molar-refractivity contribution in [2.45, 2.75) is 73.1 Å². The lowest BCUT2D eigenvalue weighted by Gasteiger charge is -2.10. The van der Waals surface area contributed by atoms with E-state index < -0.39 is 0 Å². The number of hydrogen-bond acceptors (Lipinski definition) is 1. The molecule has 0 aromatic carbocycles. The maximum absolute atomic E-state index is 8.97. The van der Waals surface area contributed by atoms with Crippen LogP contribution < -0.4 is 0 Å². The van der Waals surface area contributed by atoms with Crippen molar-refractivity contribution in [2.75, 3.05) is 6.61 Å². The van der Waals surface area contributed by atoms with Gasteiger partial charge in [-0.3, -0.25) is 0 Å². The molecule has 0 radical (unpaired) electrons. The van der Waals surface area contributed by atoms with Gasteiger partial charge in [-0.05, 0) is 18.3 Å². The molecule has 0 saturated carbocycles. The summed E-state index contributed by atoms with van der Waals surface area (Å²) in [5.41, 5.74) is 0. The van der Waals surface area contributed by atoms with Crippen molar-refractivity contribution in [3.63, 3.8) is 0 Å². The summed E-state index contributed by atoms with van der Waals surface area (Å²) in [6, 6.07) is 0. The molecule has 0 fully saturated rings. The molecule has 15 heavy (non-hydrogen) atoms. The minimum Gasteiger partial charge on any atom is -0.396 e. The van der Waals surface area contributed by atoms with E-state index in [0.717, 1.165) is 12.3 Å². The molecule has 1 N–H and O–H groups in total. The van der Waals surface area contributed by atoms with Crippen LogP contribution in [0.4, 0.5) is 0 Å². The predicted octanol–water partition coefficient (Wildman–Crippen LogP) is 4.64. The van der Waals surface area contributed by atoms with Gasteiger partial charge >= 0.3 is 0 Å². The van der Waals surface area contributed by atoms with Gasteiger partial charge in [-0.2, -0.15) is 0 Å². The monoisotopic (exact) mass is 216 g/mol. The van der Waals surface area contributed by atoms with Crippen LogP contribution in [0, 0.1) is 11.8 Å². The van der Waals surface area contributed by atoms with Crippen molar-refractivity contribution < 1.29 is 5.11 Å². The van der Waals surface area contributed by atoms with Crippen molar-refractivity contribution in [1.82, 2.24) is 0 Å². The molecular formula is C14H32O. The molecule has 0 saturated heterocycles. The van der Waals surface area contributed by atoms with Gasteiger partial charge in [0.1, 0.15) is 0 Å². The molecule has 0 bridgehead atoms. The maximum Gasteiger partial charge on any atom is 0.0459 e. The second kappa shape index (κ2) is 14.0. The van der Waals surface area contributed by atoms with Crippen LogP contribution in [0.25, 0.3) is 0 Å². The molecule has 0 aliphatic carbocycles. The first-order valence-electron chi connectivity index (χ1n) is 6.81. The largest absolute Gasteiger partial charge is 0.396 e. The normalized spacial score (nSPS) is 12.2. The molecule has 1 unspecified atom stereocenters. The van der Waals surface area contributed by atoms with Gasteiger partial charge in [0.25, 0.3) is 0 Å². The van der Waals surface area contributed by atoms with Crippen LogP contribution >= 0.6 is 0 Å². The molecule has 0 aliphatic heterocycles. The van der Waals surface area contributed by atoms with Crippen molar-refractivity contribution in [2.24, 2.45) is 11.8 Å². The lowest BCUT2D eigenvalue weighted by Crippen LogP contribution is -2.03. The number of hydrogen-bond donors (Lipinski definition) is 1. The summed E-state index contributed by atoms with van der Waals surface area (Å²) >= 11 is 0. The smallest absolute Gasteiger partial charge is 0.0459 e. The Morgan fingerprint density at radius 1 is 0.933 bits per heavy atom. The fourth-order valence-electron chi connectivity index (χ4n) is 1.59. The highest BCUT2D eigenvalue weighted by Crippen LogP contribution is 2.15. The van der Waals surface area contributed by atoms with E-state index in [4.69, 9.17) is 5.11 Å². The Morgan fingerprint density at radius 3 is 1.87 bits per heavy atom. The third-order valence-corrected chi connectivity index (χ3v) is 2.73. The second-order valence-electron chi connectivity index (χ2n) is 4.49. The molecule has 1 nitrogen and oxygen atoms in total. The van der Waals surface area contributed by atoms with E-state index in [1.807, 2.05) is 13.8 Å². The van der Waals surface area contributed by atoms with Crippen molar-refractivity contribution in [1.29, 1.82) is 0 Å². The minimum absolute atomic E-state index is 0.376. The third-order valence-electron chi connectivity index (χ3n) is 2.73. The van der Waals surface area contributed by atoms with Crippen LogP contribution in [0.15, 0.2) is 0 Å². The quantitative estimate of drug-likeness (QED) is 0.586. The lowest BCUT2D eigenvalue weighted by molar-refractivity contribution is 0.211. The molecule has 0 aromatic rings. The molecule has 94 valence electrons. The SMILES string of the molecule is CC.CCC(CO)CCCCCC(C)C. The van der Waals surface area contributed by atoms with Crippen molar-refractivity contribution >= 4 is 0 Å². The average molecular weight is 216 g/mol. The second-order valence-corrected chi connectivity index (χ2v) is 4.49. The highest BCUT2D eigenvalue weighted by molar-refractivity contribution is 4.56. The number of unbranched alkanes of at least 4 members (excludes halogenated alkanes) is 2. The molecule has 0 aliphatic rings. The standard InChI is InChI=1S/C12H26O.C2H6/c1-4-12(10-13)9-7-5-6-8-11(2)3;1-2/h11-13H,4-10H2,1-3H3;1-2H3. The van der Waals surface area contributed by atoms with E-state index in [1.165, 1.54) is 32.1 Å². The van der Waals surface area contributed by atoms with Gasteiger partial charge in [0.2, 0.25) is 0 Å². The van der Waals surface area contributed by atoms with E-state index in [0.29, 0.717) is 12.5 Å². The Morgan fingerprint density at radius 2 is 1.47 bits per heavy atom. The Hall–Kier alpha value is -0.0400. The highest BCUT2D eigenvalue weighted by atomic mass is 16.3. The van der Waals surface area contributed by atoms with Crippen LogP contribution in [0.1, 0.15) is 73.1 Å². The lowest BCUT2D eigenvalue weighted by atomic mass is 9.98. The number of rotatable bonds is 8. The van der Waals surface area contributed by atoms with E-state index in [9.17, 15) is 0 Å². The fraction of sp³-hybridized carbons (Fsp3) is 1.00. The molecule has 0 amide bonds. The van der Waals surface area contributed by atoms with Crippen LogP contribution in [-0.4, -0.2) is 11.7 Å². The van der Waals surface area contributed by atoms with Gasteiger partial charge in [0, 0.05) is 6.61 Å². The summed E-state index contributed by atoms with van der Waals surface area (Å²) in [5, 5.41) is 8.97. The van der Waals surface area contributed by atoms with Crippen molar-refractivity contribution in [3.05, 3.63) is 0 Å². The van der Waals surface area contributed by atoms with Gasteiger partial charge in [-0.1, -0.05) is 66.7 Å². The van der Waals surface area contributed by atoms with Gasteiger partial charge < -0.3 is 5.11 Å². The van der Waals surface area contributed by atoms with Crippen LogP contribution in [0.3, 0.4) is 0 Å². The topological polar surface area (TPSA) is 20.2 Å². The van der Waals surface area contributed by atoms with E-state index in [-0.39, 0.29) is 0 Å². The first-order chi connectivity index (χ1) is 7.20. The zero-order valence-electron chi connectivity index (χ0n) is 11.6. The van der Waals surface area contributed by atoms with Crippen LogP contribution in [0.5, 0.6) is 0 Å². The first-order valence-corrected chi connectivity index (χ1v) is 6.81. The Kier molecular flexibility index (Phi) is 16.2. The molecule has 1 heteroatoms. The van der Waals surface area contributed by atoms with Gasteiger partial charge in [0.05, 0.1) is 0 Å². The number of aliphatic hydroxyl groups is 1. The summed E-state index contributed by atoms with van der Waals surface area (Å²) in [4.78, 5) is 0. The maximum atomic E-state index is 8.97. The first kappa shape index (κ1) is 17.4. The van der Waals surface area contributed by atoms with Crippen LogP contribution in [0.2, 0.25) is 0 Å². The zero-order chi connectivity index (χ0) is 12.1. The van der Waals surface area contributed by atoms with Crippen LogP contribution in [-0.2, 0) is 0 Å². The van der Waals surface area contributed by atoms with E-state index in [1.54, 1.807) is 0 Å². The molecule has 0 heterocycles. The Balaban J connectivity index is 0. The minimum atomic E-state index is 0.376. The van der Waals surface area contributed by atoms with E-state index >= 15 is 0 Å². The molecule has 0 rings (SSSR count). The molecule has 1 atom stereocenters. The summed E-state index contributed by atoms with van der Waals surface area (Å²) in [7, 11) is 0. The van der Waals surface area contributed by atoms with E-state index in [2.05, 4.69) is 20.8 Å². The molecular weight excluding hydrogens is 184 g/mol. The van der Waals surface area contributed by atoms with Gasteiger partial charge in [-0.25, -0.2) is 0 Å². The average Bonchev–Trinajstić information content (AvgIpc) is 2.26. The number of aliphatic hydroxyl groups excluding tert-OH is 1. The highest BCUT2D eigenvalue weighted by Gasteiger charge is 2.03. The summed E-state index contributed by atoms with van der Waals surface area (Å²) in [6.45, 7) is 11.1. The zero-order valence-corrected chi connectivity index (χ0v) is 11.6. The molecule has 0 spiro atoms. The Bertz CT molecular complexity index is 95.5. The summed E-state index contributed by atoms with van der Waals surface area (Å²) in [6.07, 6.45) is 7.70. The van der Waals surface area contributed by atoms with Gasteiger partial charge in [0.15, 0.2) is 0 Å². The predicted molar refractivity (Wildman–Crippen MR) is 70.1 cm³/mol. The third kappa shape index (κ3) is 14.0.